The summed E-state index contributed by atoms with van der Waals surface area (Å²) in [5.74, 6) is -0.448. The Morgan fingerprint density at radius 3 is 2.46 bits per heavy atom. The van der Waals surface area contributed by atoms with Gasteiger partial charge in [0.1, 0.15) is 6.33 Å². The highest BCUT2D eigenvalue weighted by atomic mass is 35.5. The van der Waals surface area contributed by atoms with Gasteiger partial charge in [-0.2, -0.15) is 0 Å². The lowest BCUT2D eigenvalue weighted by Gasteiger charge is -2.37. The first-order valence-corrected chi connectivity index (χ1v) is 9.00. The van der Waals surface area contributed by atoms with E-state index >= 15 is 0 Å². The monoisotopic (exact) mass is 389 g/mol. The average molecular weight is 390 g/mol. The Morgan fingerprint density at radius 1 is 1.00 bits per heavy atom. The SMILES string of the molecule is NC(=O)c1ccc2c(c1)ncn2N1CCN(c2ccc(Cl)c(Cl)c2)CC1. The average Bonchev–Trinajstić information content (AvgIpc) is 3.07. The number of primary amides is 1. The zero-order valence-electron chi connectivity index (χ0n) is 13.9. The normalized spacial score (nSPS) is 14.8. The highest BCUT2D eigenvalue weighted by Crippen LogP contribution is 2.28. The molecule has 2 aromatic carbocycles. The van der Waals surface area contributed by atoms with Crippen molar-refractivity contribution in [3.05, 3.63) is 58.3 Å². The minimum Gasteiger partial charge on any atom is -0.368 e. The van der Waals surface area contributed by atoms with E-state index in [1.54, 1.807) is 18.5 Å². The van der Waals surface area contributed by atoms with E-state index < -0.39 is 5.91 Å². The number of benzene rings is 2. The van der Waals surface area contributed by atoms with Gasteiger partial charge >= 0.3 is 0 Å². The maximum absolute atomic E-state index is 11.3. The Labute approximate surface area is 160 Å². The summed E-state index contributed by atoms with van der Waals surface area (Å²) in [4.78, 5) is 18.0. The van der Waals surface area contributed by atoms with Crippen molar-refractivity contribution in [3.63, 3.8) is 0 Å². The summed E-state index contributed by atoms with van der Waals surface area (Å²) in [6.07, 6.45) is 1.78. The second kappa shape index (κ2) is 6.70. The molecule has 1 amide bonds. The molecule has 3 aromatic rings. The van der Waals surface area contributed by atoms with Gasteiger partial charge in [0.05, 0.1) is 34.2 Å². The standard InChI is InChI=1S/C18H17Cl2N5O/c19-14-3-2-13(10-15(14)20)23-5-7-24(8-6-23)25-11-22-16-9-12(18(21)26)1-4-17(16)25/h1-4,9-11H,5-8H2,(H2,21,26). The number of hydrogen-bond donors (Lipinski definition) is 1. The van der Waals surface area contributed by atoms with Crippen LogP contribution in [0.5, 0.6) is 0 Å². The van der Waals surface area contributed by atoms with Crippen LogP contribution in [0, 0.1) is 0 Å². The number of piperazine rings is 1. The summed E-state index contributed by atoms with van der Waals surface area (Å²) in [5.41, 5.74) is 8.59. The number of nitrogens with two attached hydrogens (primary N) is 1. The Bertz CT molecular complexity index is 979. The number of rotatable bonds is 3. The summed E-state index contributed by atoms with van der Waals surface area (Å²) in [5, 5.41) is 3.36. The molecule has 8 heteroatoms. The zero-order chi connectivity index (χ0) is 18.3. The van der Waals surface area contributed by atoms with Gasteiger partial charge in [-0.15, -0.1) is 0 Å². The third kappa shape index (κ3) is 3.06. The maximum Gasteiger partial charge on any atom is 0.248 e. The van der Waals surface area contributed by atoms with Crippen molar-refractivity contribution >= 4 is 45.8 Å². The van der Waals surface area contributed by atoms with Gasteiger partial charge in [0.2, 0.25) is 5.91 Å². The van der Waals surface area contributed by atoms with Gasteiger partial charge in [-0.05, 0) is 36.4 Å². The van der Waals surface area contributed by atoms with E-state index in [2.05, 4.69) is 14.9 Å². The third-order valence-electron chi connectivity index (χ3n) is 4.64. The number of hydrogen-bond acceptors (Lipinski definition) is 4. The summed E-state index contributed by atoms with van der Waals surface area (Å²) in [6.45, 7) is 3.39. The van der Waals surface area contributed by atoms with E-state index in [0.29, 0.717) is 15.6 Å². The van der Waals surface area contributed by atoms with Gasteiger partial charge in [0.25, 0.3) is 0 Å². The molecule has 0 saturated carbocycles. The lowest BCUT2D eigenvalue weighted by atomic mass is 10.2. The molecule has 1 fully saturated rings. The van der Waals surface area contributed by atoms with Crippen LogP contribution in [0.3, 0.4) is 0 Å². The van der Waals surface area contributed by atoms with Gasteiger partial charge in [-0.3, -0.25) is 4.79 Å². The van der Waals surface area contributed by atoms with E-state index in [1.165, 1.54) is 0 Å². The van der Waals surface area contributed by atoms with Gasteiger partial charge in [-0.25, -0.2) is 9.66 Å². The van der Waals surface area contributed by atoms with Gasteiger partial charge < -0.3 is 15.6 Å². The number of carbonyl (C=O) groups excluding carboxylic acids is 1. The van der Waals surface area contributed by atoms with E-state index in [1.807, 2.05) is 28.9 Å². The van der Waals surface area contributed by atoms with Crippen molar-refractivity contribution in [1.82, 2.24) is 9.66 Å². The van der Waals surface area contributed by atoms with Crippen LogP contribution in [0.15, 0.2) is 42.7 Å². The lowest BCUT2D eigenvalue weighted by Crippen LogP contribution is -2.51. The van der Waals surface area contributed by atoms with Gasteiger partial charge in [0, 0.05) is 24.3 Å². The molecule has 4 rings (SSSR count). The Hall–Kier alpha value is -2.44. The number of nitrogens with zero attached hydrogens (tertiary/aromatic N) is 4. The fourth-order valence-electron chi connectivity index (χ4n) is 3.23. The molecule has 0 bridgehead atoms. The molecular formula is C18H17Cl2N5O. The van der Waals surface area contributed by atoms with Crippen LogP contribution >= 0.6 is 23.2 Å². The van der Waals surface area contributed by atoms with Gasteiger partial charge in [-0.1, -0.05) is 23.2 Å². The zero-order valence-corrected chi connectivity index (χ0v) is 15.4. The quantitative estimate of drug-likeness (QED) is 0.747. The first-order chi connectivity index (χ1) is 12.5. The molecule has 0 atom stereocenters. The van der Waals surface area contributed by atoms with Crippen LogP contribution in [0.4, 0.5) is 5.69 Å². The van der Waals surface area contributed by atoms with Crippen LogP contribution in [0.2, 0.25) is 10.0 Å². The van der Waals surface area contributed by atoms with Crippen molar-refractivity contribution in [3.8, 4) is 0 Å². The van der Waals surface area contributed by atoms with Crippen LogP contribution < -0.4 is 15.6 Å². The predicted octanol–water partition coefficient (Wildman–Crippen LogP) is 2.90. The summed E-state index contributed by atoms with van der Waals surface area (Å²) >= 11 is 12.1. The first-order valence-electron chi connectivity index (χ1n) is 8.25. The Morgan fingerprint density at radius 2 is 1.77 bits per heavy atom. The molecule has 1 aromatic heterocycles. The fraction of sp³-hybridized carbons (Fsp3) is 0.222. The van der Waals surface area contributed by atoms with E-state index in [4.69, 9.17) is 28.9 Å². The van der Waals surface area contributed by atoms with Crippen LogP contribution in [-0.4, -0.2) is 41.7 Å². The summed E-state index contributed by atoms with van der Waals surface area (Å²) in [6, 6.07) is 11.0. The number of amides is 1. The molecule has 0 aliphatic carbocycles. The molecule has 1 aliphatic heterocycles. The van der Waals surface area contributed by atoms with Crippen LogP contribution in [0.25, 0.3) is 11.0 Å². The summed E-state index contributed by atoms with van der Waals surface area (Å²) in [7, 11) is 0. The second-order valence-corrected chi connectivity index (χ2v) is 7.01. The Balaban J connectivity index is 1.52. The molecule has 26 heavy (non-hydrogen) atoms. The molecule has 1 saturated heterocycles. The second-order valence-electron chi connectivity index (χ2n) is 6.20. The van der Waals surface area contributed by atoms with E-state index in [9.17, 15) is 4.79 Å². The van der Waals surface area contributed by atoms with Crippen molar-refractivity contribution < 1.29 is 4.79 Å². The number of halogens is 2. The lowest BCUT2D eigenvalue weighted by molar-refractivity contribution is 0.100. The number of fused-ring (bicyclic) bond motifs is 1. The van der Waals surface area contributed by atoms with E-state index in [-0.39, 0.29) is 0 Å². The minimum absolute atomic E-state index is 0.448. The fourth-order valence-corrected chi connectivity index (χ4v) is 3.52. The Kier molecular flexibility index (Phi) is 4.38. The molecule has 134 valence electrons. The largest absolute Gasteiger partial charge is 0.368 e. The molecule has 0 radical (unpaired) electrons. The van der Waals surface area contributed by atoms with Crippen molar-refractivity contribution in [2.75, 3.05) is 36.1 Å². The van der Waals surface area contributed by atoms with Crippen LogP contribution in [-0.2, 0) is 0 Å². The maximum atomic E-state index is 11.3. The molecular weight excluding hydrogens is 373 g/mol. The van der Waals surface area contributed by atoms with Gasteiger partial charge in [0.15, 0.2) is 0 Å². The summed E-state index contributed by atoms with van der Waals surface area (Å²) < 4.78 is 2.03. The first kappa shape index (κ1) is 17.0. The highest BCUT2D eigenvalue weighted by Gasteiger charge is 2.19. The molecule has 6 nitrogen and oxygen atoms in total. The topological polar surface area (TPSA) is 67.4 Å². The number of anilines is 1. The van der Waals surface area contributed by atoms with Crippen molar-refractivity contribution in [1.29, 1.82) is 0 Å². The minimum atomic E-state index is -0.448. The van der Waals surface area contributed by atoms with Crippen molar-refractivity contribution in [2.24, 2.45) is 5.73 Å². The number of aromatic nitrogens is 2. The molecule has 1 aliphatic rings. The van der Waals surface area contributed by atoms with Crippen molar-refractivity contribution in [2.45, 2.75) is 0 Å². The molecule has 2 N–H and O–H groups in total. The third-order valence-corrected chi connectivity index (χ3v) is 5.38. The predicted molar refractivity (Wildman–Crippen MR) is 105 cm³/mol. The molecule has 2 heterocycles. The number of carbonyl (C=O) groups is 1. The molecule has 0 spiro atoms. The highest BCUT2D eigenvalue weighted by molar-refractivity contribution is 6.42. The van der Waals surface area contributed by atoms with Crippen LogP contribution in [0.1, 0.15) is 10.4 Å². The number of imidazole rings is 1. The smallest absolute Gasteiger partial charge is 0.248 e. The van der Waals surface area contributed by atoms with E-state index in [0.717, 1.165) is 42.9 Å². The molecule has 0 unspecified atom stereocenters.